The van der Waals surface area contributed by atoms with Gasteiger partial charge in [0.2, 0.25) is 21.8 Å². The number of amides is 1. The van der Waals surface area contributed by atoms with Crippen LogP contribution in [0, 0.1) is 0 Å². The van der Waals surface area contributed by atoms with E-state index in [1.165, 1.54) is 4.31 Å². The normalized spacial score (nSPS) is 14.4. The summed E-state index contributed by atoms with van der Waals surface area (Å²) in [6.45, 7) is 1.12. The third-order valence-corrected chi connectivity index (χ3v) is 7.94. The zero-order valence-corrected chi connectivity index (χ0v) is 20.0. The summed E-state index contributed by atoms with van der Waals surface area (Å²) in [4.78, 5) is 14.5. The maximum Gasteiger partial charge on any atom is 0.277 e. The predicted octanol–water partition coefficient (Wildman–Crippen LogP) is 3.32. The number of benzene rings is 2. The van der Waals surface area contributed by atoms with Gasteiger partial charge in [0.15, 0.2) is 0 Å². The topological polar surface area (TPSA) is 109 Å². The second-order valence-electron chi connectivity index (χ2n) is 7.79. The number of anilines is 2. The Morgan fingerprint density at radius 3 is 2.36 bits per heavy atom. The van der Waals surface area contributed by atoms with Crippen molar-refractivity contribution in [3.8, 4) is 11.5 Å². The Morgan fingerprint density at radius 1 is 1.06 bits per heavy atom. The lowest BCUT2D eigenvalue weighted by Crippen LogP contribution is -2.27. The molecule has 9 nitrogen and oxygen atoms in total. The predicted molar refractivity (Wildman–Crippen MR) is 128 cm³/mol. The summed E-state index contributed by atoms with van der Waals surface area (Å²) in [7, 11) is 0.437. The number of hydrogen-bond donors (Lipinski definition) is 1. The Hall–Kier alpha value is -2.89. The van der Waals surface area contributed by atoms with Crippen LogP contribution in [0.25, 0.3) is 11.5 Å². The van der Waals surface area contributed by atoms with E-state index in [2.05, 4.69) is 15.5 Å². The van der Waals surface area contributed by atoms with Gasteiger partial charge in [0.05, 0.1) is 10.6 Å². The van der Waals surface area contributed by atoms with E-state index in [1.807, 2.05) is 43.3 Å². The van der Waals surface area contributed by atoms with Crippen molar-refractivity contribution in [2.75, 3.05) is 43.2 Å². The smallest absolute Gasteiger partial charge is 0.277 e. The first-order valence-corrected chi connectivity index (χ1v) is 12.9. The number of rotatable bonds is 8. The quantitative estimate of drug-likeness (QED) is 0.482. The summed E-state index contributed by atoms with van der Waals surface area (Å²) in [6.07, 6.45) is 1.78. The van der Waals surface area contributed by atoms with Gasteiger partial charge >= 0.3 is 0 Å². The molecule has 0 bridgehead atoms. The van der Waals surface area contributed by atoms with Crippen molar-refractivity contribution in [2.24, 2.45) is 0 Å². The average molecular weight is 488 g/mol. The maximum atomic E-state index is 12.6. The highest BCUT2D eigenvalue weighted by Crippen LogP contribution is 2.26. The van der Waals surface area contributed by atoms with Gasteiger partial charge in [-0.25, -0.2) is 8.42 Å². The fourth-order valence-corrected chi connectivity index (χ4v) is 5.48. The van der Waals surface area contributed by atoms with E-state index in [1.54, 1.807) is 24.3 Å². The van der Waals surface area contributed by atoms with Crippen LogP contribution in [0.15, 0.2) is 63.1 Å². The van der Waals surface area contributed by atoms with Crippen molar-refractivity contribution >= 4 is 39.1 Å². The van der Waals surface area contributed by atoms with E-state index in [0.717, 1.165) is 30.3 Å². The Kier molecular flexibility index (Phi) is 7.01. The number of nitrogens with one attached hydrogen (secondary N) is 1. The van der Waals surface area contributed by atoms with Gasteiger partial charge in [-0.2, -0.15) is 4.31 Å². The lowest BCUT2D eigenvalue weighted by Gasteiger charge is -2.15. The van der Waals surface area contributed by atoms with Gasteiger partial charge in [-0.3, -0.25) is 4.79 Å². The molecule has 4 rings (SSSR count). The molecule has 0 unspecified atom stereocenters. The molecule has 11 heteroatoms. The molecular formula is C22H25N5O4S2. The van der Waals surface area contributed by atoms with E-state index in [4.69, 9.17) is 4.42 Å². The molecule has 2 aromatic carbocycles. The van der Waals surface area contributed by atoms with E-state index in [-0.39, 0.29) is 27.7 Å². The number of thioether (sulfide) groups is 1. The first kappa shape index (κ1) is 23.3. The molecule has 1 fully saturated rings. The molecule has 1 aromatic heterocycles. The molecule has 2 heterocycles. The zero-order valence-electron chi connectivity index (χ0n) is 18.4. The van der Waals surface area contributed by atoms with Crippen molar-refractivity contribution in [1.29, 1.82) is 0 Å². The third kappa shape index (κ3) is 5.55. The standard InChI is InChI=1S/C22H25N5O4S2/c1-26(2)18-9-7-17(8-10-18)23-20(28)15-32-22-25-24-21(31-22)16-5-11-19(12-6-16)33(29,30)27-13-3-4-14-27/h5-12H,3-4,13-15H2,1-2H3,(H,23,28). The molecule has 1 aliphatic heterocycles. The van der Waals surface area contributed by atoms with Crippen LogP contribution in [-0.2, 0) is 14.8 Å². The minimum Gasteiger partial charge on any atom is -0.411 e. The van der Waals surface area contributed by atoms with Crippen molar-refractivity contribution < 1.29 is 17.6 Å². The molecule has 0 radical (unpaired) electrons. The largest absolute Gasteiger partial charge is 0.411 e. The van der Waals surface area contributed by atoms with E-state index >= 15 is 0 Å². The number of carbonyl (C=O) groups is 1. The molecule has 1 saturated heterocycles. The maximum absolute atomic E-state index is 12.6. The Balaban J connectivity index is 1.33. The second-order valence-corrected chi connectivity index (χ2v) is 10.7. The first-order chi connectivity index (χ1) is 15.8. The lowest BCUT2D eigenvalue weighted by molar-refractivity contribution is -0.113. The summed E-state index contributed by atoms with van der Waals surface area (Å²) >= 11 is 1.13. The summed E-state index contributed by atoms with van der Waals surface area (Å²) in [5.41, 5.74) is 2.36. The lowest BCUT2D eigenvalue weighted by atomic mass is 10.2. The first-order valence-electron chi connectivity index (χ1n) is 10.5. The average Bonchev–Trinajstić information content (AvgIpc) is 3.51. The molecule has 0 spiro atoms. The van der Waals surface area contributed by atoms with Gasteiger partial charge in [-0.1, -0.05) is 11.8 Å². The van der Waals surface area contributed by atoms with E-state index in [9.17, 15) is 13.2 Å². The number of sulfonamides is 1. The van der Waals surface area contributed by atoms with Crippen LogP contribution in [0.3, 0.4) is 0 Å². The molecule has 33 heavy (non-hydrogen) atoms. The van der Waals surface area contributed by atoms with Gasteiger partial charge in [0.25, 0.3) is 5.22 Å². The molecule has 3 aromatic rings. The van der Waals surface area contributed by atoms with Crippen molar-refractivity contribution in [1.82, 2.24) is 14.5 Å². The third-order valence-electron chi connectivity index (χ3n) is 5.20. The van der Waals surface area contributed by atoms with Crippen LogP contribution in [0.1, 0.15) is 12.8 Å². The van der Waals surface area contributed by atoms with Crippen LogP contribution in [0.4, 0.5) is 11.4 Å². The van der Waals surface area contributed by atoms with Gasteiger partial charge in [-0.15, -0.1) is 10.2 Å². The Bertz CT molecular complexity index is 1200. The minimum absolute atomic E-state index is 0.115. The van der Waals surface area contributed by atoms with E-state index < -0.39 is 10.0 Å². The molecule has 1 amide bonds. The van der Waals surface area contributed by atoms with Crippen LogP contribution >= 0.6 is 11.8 Å². The van der Waals surface area contributed by atoms with Gasteiger partial charge in [-0.05, 0) is 61.4 Å². The SMILES string of the molecule is CN(C)c1ccc(NC(=O)CSc2nnc(-c3ccc(S(=O)(=O)N4CCCC4)cc3)o2)cc1. The Labute approximate surface area is 197 Å². The van der Waals surface area contributed by atoms with Crippen molar-refractivity contribution in [3.05, 3.63) is 48.5 Å². The fraction of sp³-hybridized carbons (Fsp3) is 0.318. The number of aromatic nitrogens is 2. The molecule has 174 valence electrons. The Morgan fingerprint density at radius 2 is 1.73 bits per heavy atom. The van der Waals surface area contributed by atoms with E-state index in [0.29, 0.717) is 24.3 Å². The van der Waals surface area contributed by atoms with Gasteiger partial charge in [0.1, 0.15) is 0 Å². The fourth-order valence-electron chi connectivity index (χ4n) is 3.40. The number of carbonyl (C=O) groups excluding carboxylic acids is 1. The molecule has 0 aliphatic carbocycles. The summed E-state index contributed by atoms with van der Waals surface area (Å²) in [6, 6.07) is 13.9. The molecule has 1 aliphatic rings. The van der Waals surface area contributed by atoms with Crippen molar-refractivity contribution in [3.63, 3.8) is 0 Å². The van der Waals surface area contributed by atoms with Crippen LogP contribution < -0.4 is 10.2 Å². The zero-order chi connectivity index (χ0) is 23.4. The van der Waals surface area contributed by atoms with Gasteiger partial charge in [0, 0.05) is 44.1 Å². The molecule has 0 atom stereocenters. The van der Waals surface area contributed by atoms with Crippen LogP contribution in [0.5, 0.6) is 0 Å². The monoisotopic (exact) mass is 487 g/mol. The summed E-state index contributed by atoms with van der Waals surface area (Å²) in [5, 5.41) is 11.1. The summed E-state index contributed by atoms with van der Waals surface area (Å²) in [5.74, 6) is 0.195. The van der Waals surface area contributed by atoms with Gasteiger partial charge < -0.3 is 14.6 Å². The highest BCUT2D eigenvalue weighted by atomic mass is 32.2. The number of hydrogen-bond acceptors (Lipinski definition) is 8. The molecule has 1 N–H and O–H groups in total. The highest BCUT2D eigenvalue weighted by molar-refractivity contribution is 7.99. The van der Waals surface area contributed by atoms with Crippen LogP contribution in [0.2, 0.25) is 0 Å². The minimum atomic E-state index is -3.47. The summed E-state index contributed by atoms with van der Waals surface area (Å²) < 4.78 is 32.4. The van der Waals surface area contributed by atoms with Crippen LogP contribution in [-0.4, -0.2) is 61.8 Å². The second kappa shape index (κ2) is 9.94. The number of nitrogens with zero attached hydrogens (tertiary/aromatic N) is 4. The van der Waals surface area contributed by atoms with Crippen molar-refractivity contribution in [2.45, 2.75) is 23.0 Å². The molecular weight excluding hydrogens is 462 g/mol. The highest BCUT2D eigenvalue weighted by Gasteiger charge is 2.27. The molecule has 0 saturated carbocycles.